The topological polar surface area (TPSA) is 41.1 Å². The maximum Gasteiger partial charge on any atom is 0.252 e. The zero-order chi connectivity index (χ0) is 11.4. The Labute approximate surface area is 108 Å². The molecule has 0 radical (unpaired) electrons. The average Bonchev–Trinajstić information content (AvgIpc) is 2.89. The van der Waals surface area contributed by atoms with E-state index in [1.165, 1.54) is 17.8 Å². The molecule has 0 saturated carbocycles. The van der Waals surface area contributed by atoms with Gasteiger partial charge in [-0.05, 0) is 53.8 Å². The summed E-state index contributed by atoms with van der Waals surface area (Å²) in [6, 6.07) is 1.86. The number of carbonyl (C=O) groups is 1. The van der Waals surface area contributed by atoms with Crippen LogP contribution in [0.25, 0.3) is 0 Å². The van der Waals surface area contributed by atoms with Gasteiger partial charge < -0.3 is 10.6 Å². The molecule has 1 aromatic heterocycles. The predicted octanol–water partition coefficient (Wildman–Crippen LogP) is 2.24. The lowest BCUT2D eigenvalue weighted by atomic mass is 10.1. The number of thiophene rings is 1. The summed E-state index contributed by atoms with van der Waals surface area (Å²) in [5.74, 6) is 0.766. The molecule has 2 N–H and O–H groups in total. The smallest absolute Gasteiger partial charge is 0.252 e. The minimum atomic E-state index is 0.0351. The normalized spacial score (nSPS) is 19.9. The molecule has 1 atom stereocenters. The third-order valence-electron chi connectivity index (χ3n) is 2.83. The lowest BCUT2D eigenvalue weighted by molar-refractivity contribution is 0.0952. The lowest BCUT2D eigenvalue weighted by Gasteiger charge is -2.08. The van der Waals surface area contributed by atoms with Crippen molar-refractivity contribution in [2.45, 2.75) is 12.8 Å². The van der Waals surface area contributed by atoms with Gasteiger partial charge in [0.15, 0.2) is 0 Å². The molecule has 3 nitrogen and oxygen atoms in total. The van der Waals surface area contributed by atoms with E-state index in [1.807, 2.05) is 11.4 Å². The van der Waals surface area contributed by atoms with E-state index in [9.17, 15) is 4.79 Å². The zero-order valence-electron chi connectivity index (χ0n) is 8.96. The van der Waals surface area contributed by atoms with Crippen molar-refractivity contribution in [3.63, 3.8) is 0 Å². The maximum absolute atomic E-state index is 11.7. The lowest BCUT2D eigenvalue weighted by Crippen LogP contribution is -2.26. The van der Waals surface area contributed by atoms with Crippen LogP contribution in [-0.4, -0.2) is 25.5 Å². The van der Waals surface area contributed by atoms with Crippen LogP contribution in [-0.2, 0) is 0 Å². The molecule has 88 valence electrons. The fourth-order valence-corrected chi connectivity index (χ4v) is 3.02. The van der Waals surface area contributed by atoms with Crippen LogP contribution in [0.3, 0.4) is 0 Å². The minimum absolute atomic E-state index is 0.0351. The summed E-state index contributed by atoms with van der Waals surface area (Å²) in [6.07, 6.45) is 2.31. The van der Waals surface area contributed by atoms with Gasteiger partial charge in [0.2, 0.25) is 0 Å². The maximum atomic E-state index is 11.7. The number of hydrogen-bond acceptors (Lipinski definition) is 3. The van der Waals surface area contributed by atoms with Crippen LogP contribution >= 0.6 is 27.3 Å². The predicted molar refractivity (Wildman–Crippen MR) is 69.9 cm³/mol. The summed E-state index contributed by atoms with van der Waals surface area (Å²) in [7, 11) is 0. The van der Waals surface area contributed by atoms with E-state index in [4.69, 9.17) is 0 Å². The number of rotatable bonds is 4. The molecule has 1 amide bonds. The Balaban J connectivity index is 1.71. The van der Waals surface area contributed by atoms with E-state index in [1.54, 1.807) is 0 Å². The van der Waals surface area contributed by atoms with Crippen LogP contribution in [0.4, 0.5) is 0 Å². The highest BCUT2D eigenvalue weighted by Gasteiger charge is 2.14. The minimum Gasteiger partial charge on any atom is -0.352 e. The first-order valence-electron chi connectivity index (χ1n) is 5.48. The average molecular weight is 303 g/mol. The standard InChI is InChI=1S/C11H15BrN2OS/c12-10-5-9(7-16-10)11(15)14-4-2-8-1-3-13-6-8/h5,7-8,13H,1-4,6H2,(H,14,15). The third-order valence-corrected chi connectivity index (χ3v) is 4.33. The van der Waals surface area contributed by atoms with Crippen molar-refractivity contribution in [3.05, 3.63) is 20.8 Å². The monoisotopic (exact) mass is 302 g/mol. The van der Waals surface area contributed by atoms with Crippen molar-refractivity contribution in [2.24, 2.45) is 5.92 Å². The highest BCUT2D eigenvalue weighted by atomic mass is 79.9. The molecule has 0 bridgehead atoms. The molecule has 0 aliphatic carbocycles. The Hall–Kier alpha value is -0.390. The molecule has 1 aromatic rings. The molecule has 2 heterocycles. The zero-order valence-corrected chi connectivity index (χ0v) is 11.4. The van der Waals surface area contributed by atoms with Crippen molar-refractivity contribution in [2.75, 3.05) is 19.6 Å². The largest absolute Gasteiger partial charge is 0.352 e. The van der Waals surface area contributed by atoms with Crippen molar-refractivity contribution < 1.29 is 4.79 Å². The first kappa shape index (κ1) is 12.1. The molecule has 5 heteroatoms. The van der Waals surface area contributed by atoms with E-state index >= 15 is 0 Å². The van der Waals surface area contributed by atoms with Crippen molar-refractivity contribution >= 4 is 33.2 Å². The summed E-state index contributed by atoms with van der Waals surface area (Å²) in [6.45, 7) is 2.99. The second kappa shape index (κ2) is 5.80. The summed E-state index contributed by atoms with van der Waals surface area (Å²) < 4.78 is 0.998. The van der Waals surface area contributed by atoms with Gasteiger partial charge in [0.05, 0.1) is 9.35 Å². The number of amides is 1. The van der Waals surface area contributed by atoms with Crippen LogP contribution in [0.5, 0.6) is 0 Å². The molecule has 0 aromatic carbocycles. The fraction of sp³-hybridized carbons (Fsp3) is 0.545. The first-order valence-corrected chi connectivity index (χ1v) is 7.16. The van der Waals surface area contributed by atoms with Crippen molar-refractivity contribution in [1.29, 1.82) is 0 Å². The van der Waals surface area contributed by atoms with Gasteiger partial charge in [0, 0.05) is 11.9 Å². The van der Waals surface area contributed by atoms with Gasteiger partial charge in [0.25, 0.3) is 5.91 Å². The molecule has 0 spiro atoms. The molecular weight excluding hydrogens is 288 g/mol. The molecule has 2 rings (SSSR count). The summed E-state index contributed by atoms with van der Waals surface area (Å²) in [5, 5.41) is 8.16. The Kier molecular flexibility index (Phi) is 4.37. The highest BCUT2D eigenvalue weighted by molar-refractivity contribution is 9.11. The van der Waals surface area contributed by atoms with Gasteiger partial charge >= 0.3 is 0 Å². The van der Waals surface area contributed by atoms with Crippen LogP contribution in [0.15, 0.2) is 15.2 Å². The van der Waals surface area contributed by atoms with Crippen LogP contribution in [0.2, 0.25) is 0 Å². The molecule has 1 unspecified atom stereocenters. The van der Waals surface area contributed by atoms with Gasteiger partial charge in [0.1, 0.15) is 0 Å². The molecule has 16 heavy (non-hydrogen) atoms. The van der Waals surface area contributed by atoms with Crippen molar-refractivity contribution in [3.8, 4) is 0 Å². The van der Waals surface area contributed by atoms with Gasteiger partial charge in [-0.1, -0.05) is 0 Å². The SMILES string of the molecule is O=C(NCCC1CCNC1)c1csc(Br)c1. The molecule has 1 fully saturated rings. The van der Waals surface area contributed by atoms with Gasteiger partial charge in [-0.15, -0.1) is 11.3 Å². The van der Waals surface area contributed by atoms with Crippen LogP contribution < -0.4 is 10.6 Å². The fourth-order valence-electron chi connectivity index (χ4n) is 1.88. The Morgan fingerprint density at radius 2 is 2.56 bits per heavy atom. The van der Waals surface area contributed by atoms with Gasteiger partial charge in [-0.3, -0.25) is 4.79 Å². The summed E-state index contributed by atoms with van der Waals surface area (Å²) in [4.78, 5) is 11.7. The Bertz CT molecular complexity index is 361. The van der Waals surface area contributed by atoms with E-state index in [0.717, 1.165) is 41.3 Å². The first-order chi connectivity index (χ1) is 7.75. The van der Waals surface area contributed by atoms with Crippen molar-refractivity contribution in [1.82, 2.24) is 10.6 Å². The summed E-state index contributed by atoms with van der Waals surface area (Å²) >= 11 is 4.89. The molecule has 1 aliphatic heterocycles. The quantitative estimate of drug-likeness (QED) is 0.895. The van der Waals surface area contributed by atoms with E-state index in [2.05, 4.69) is 26.6 Å². The summed E-state index contributed by atoms with van der Waals surface area (Å²) in [5.41, 5.74) is 0.751. The second-order valence-electron chi connectivity index (χ2n) is 4.04. The number of carbonyl (C=O) groups excluding carboxylic acids is 1. The second-order valence-corrected chi connectivity index (χ2v) is 6.33. The Morgan fingerprint density at radius 1 is 1.69 bits per heavy atom. The van der Waals surface area contributed by atoms with Gasteiger partial charge in [-0.25, -0.2) is 0 Å². The van der Waals surface area contributed by atoms with E-state index in [0.29, 0.717) is 0 Å². The highest BCUT2D eigenvalue weighted by Crippen LogP contribution is 2.20. The number of nitrogens with one attached hydrogen (secondary N) is 2. The molecule has 1 aliphatic rings. The molecular formula is C11H15BrN2OS. The third kappa shape index (κ3) is 3.30. The van der Waals surface area contributed by atoms with Crippen LogP contribution in [0.1, 0.15) is 23.2 Å². The van der Waals surface area contributed by atoms with Crippen LogP contribution in [0, 0.1) is 5.92 Å². The number of halogens is 1. The number of hydrogen-bond donors (Lipinski definition) is 2. The van der Waals surface area contributed by atoms with E-state index < -0.39 is 0 Å². The molecule has 1 saturated heterocycles. The van der Waals surface area contributed by atoms with E-state index in [-0.39, 0.29) is 5.91 Å². The Morgan fingerprint density at radius 3 is 3.19 bits per heavy atom. The van der Waals surface area contributed by atoms with Gasteiger partial charge in [-0.2, -0.15) is 0 Å².